The number of rotatable bonds is 5. The normalized spacial score (nSPS) is 12.4. The van der Waals surface area contributed by atoms with Gasteiger partial charge in [-0.3, -0.25) is 4.79 Å². The van der Waals surface area contributed by atoms with Crippen molar-refractivity contribution in [2.75, 3.05) is 0 Å². The van der Waals surface area contributed by atoms with E-state index in [9.17, 15) is 13.2 Å². The number of aryl methyl sites for hydroxylation is 1. The smallest absolute Gasteiger partial charge is 0.285 e. The lowest BCUT2D eigenvalue weighted by Crippen LogP contribution is -2.16. The Kier molecular flexibility index (Phi) is 5.00. The third kappa shape index (κ3) is 3.37. The number of allylic oxidation sites excluding steroid dienone is 1. The Bertz CT molecular complexity index is 878. The van der Waals surface area contributed by atoms with E-state index in [2.05, 4.69) is 11.0 Å². The number of thiazole rings is 1. The Hall–Kier alpha value is -1.70. The maximum atomic E-state index is 12.3. The van der Waals surface area contributed by atoms with E-state index in [1.54, 1.807) is 18.2 Å². The van der Waals surface area contributed by atoms with Gasteiger partial charge in [-0.2, -0.15) is 8.42 Å². The third-order valence-electron chi connectivity index (χ3n) is 2.81. The van der Waals surface area contributed by atoms with Crippen molar-refractivity contribution >= 4 is 39.2 Å². The van der Waals surface area contributed by atoms with E-state index in [1.807, 2.05) is 6.92 Å². The largest absolute Gasteiger partial charge is 0.302 e. The first kappa shape index (κ1) is 16.7. The summed E-state index contributed by atoms with van der Waals surface area (Å²) in [5, 5.41) is 0.151. The van der Waals surface area contributed by atoms with E-state index in [1.165, 1.54) is 16.7 Å². The van der Waals surface area contributed by atoms with Gasteiger partial charge in [-0.15, -0.1) is 11.0 Å². The van der Waals surface area contributed by atoms with Crippen LogP contribution < -0.4 is 4.80 Å². The molecule has 0 saturated heterocycles. The summed E-state index contributed by atoms with van der Waals surface area (Å²) in [7, 11) is -3.88. The number of hydrogen-bond acceptors (Lipinski definition) is 4. The maximum Gasteiger partial charge on any atom is 0.285 e. The second-order valence-electron chi connectivity index (χ2n) is 4.44. The highest BCUT2D eigenvalue weighted by molar-refractivity contribution is 7.90. The fraction of sp³-hybridized carbons (Fsp3) is 0.143. The van der Waals surface area contributed by atoms with Crippen LogP contribution in [0.25, 0.3) is 0 Å². The van der Waals surface area contributed by atoms with Gasteiger partial charge >= 0.3 is 0 Å². The molecule has 0 aliphatic rings. The van der Waals surface area contributed by atoms with Gasteiger partial charge in [0.05, 0.1) is 4.90 Å². The molecular formula is C14H13ClN2O3S2. The summed E-state index contributed by atoms with van der Waals surface area (Å²) in [4.78, 5) is 11.4. The van der Waals surface area contributed by atoms with Crippen LogP contribution in [-0.4, -0.2) is 19.3 Å². The summed E-state index contributed by atoms with van der Waals surface area (Å²) < 4.78 is 29.9. The summed E-state index contributed by atoms with van der Waals surface area (Å²) in [6, 6.07) is 6.36. The molecule has 116 valence electrons. The monoisotopic (exact) mass is 356 g/mol. The number of sulfonamides is 1. The molecule has 0 spiro atoms. The van der Waals surface area contributed by atoms with Gasteiger partial charge in [0.2, 0.25) is 4.80 Å². The molecule has 8 heteroatoms. The van der Waals surface area contributed by atoms with Crippen molar-refractivity contribution in [3.63, 3.8) is 0 Å². The van der Waals surface area contributed by atoms with E-state index in [0.717, 1.165) is 16.9 Å². The Morgan fingerprint density at radius 2 is 2.00 bits per heavy atom. The number of carbonyl (C=O) groups is 1. The van der Waals surface area contributed by atoms with Gasteiger partial charge in [0.15, 0.2) is 6.29 Å². The van der Waals surface area contributed by atoms with Gasteiger partial charge in [0.1, 0.15) is 10.0 Å². The molecule has 1 aromatic heterocycles. The number of aromatic nitrogens is 1. The fourth-order valence-electron chi connectivity index (χ4n) is 1.71. The molecule has 0 radical (unpaired) electrons. The minimum Gasteiger partial charge on any atom is -0.302 e. The average Bonchev–Trinajstić information content (AvgIpc) is 2.76. The van der Waals surface area contributed by atoms with E-state index < -0.39 is 10.0 Å². The van der Waals surface area contributed by atoms with Crippen LogP contribution in [0.5, 0.6) is 0 Å². The summed E-state index contributed by atoms with van der Waals surface area (Å²) >= 11 is 6.96. The number of carbonyl (C=O) groups excluding carboxylic acids is 1. The first-order valence-corrected chi connectivity index (χ1v) is 8.85. The van der Waals surface area contributed by atoms with Gasteiger partial charge in [0, 0.05) is 6.54 Å². The molecule has 2 rings (SSSR count). The second-order valence-corrected chi connectivity index (χ2v) is 7.41. The predicted octanol–water partition coefficient (Wildman–Crippen LogP) is 2.80. The molecule has 22 heavy (non-hydrogen) atoms. The molecule has 0 saturated carbocycles. The van der Waals surface area contributed by atoms with Crippen LogP contribution in [0.15, 0.2) is 46.2 Å². The summed E-state index contributed by atoms with van der Waals surface area (Å²) in [6.07, 6.45) is 2.12. The van der Waals surface area contributed by atoms with Crippen molar-refractivity contribution in [3.8, 4) is 0 Å². The van der Waals surface area contributed by atoms with Crippen LogP contribution in [-0.2, 0) is 16.6 Å². The lowest BCUT2D eigenvalue weighted by atomic mass is 10.2. The quantitative estimate of drug-likeness (QED) is 0.611. The molecule has 1 heterocycles. The highest BCUT2D eigenvalue weighted by Crippen LogP contribution is 2.18. The zero-order chi connectivity index (χ0) is 16.3. The molecule has 0 unspecified atom stereocenters. The maximum absolute atomic E-state index is 12.3. The van der Waals surface area contributed by atoms with E-state index >= 15 is 0 Å². The Balaban J connectivity index is 2.63. The third-order valence-corrected chi connectivity index (χ3v) is 5.73. The van der Waals surface area contributed by atoms with Crippen molar-refractivity contribution in [1.82, 2.24) is 4.57 Å². The summed E-state index contributed by atoms with van der Waals surface area (Å²) in [5.41, 5.74) is 0.947. The molecular weight excluding hydrogens is 344 g/mol. The fourth-order valence-corrected chi connectivity index (χ4v) is 4.11. The highest BCUT2D eigenvalue weighted by Gasteiger charge is 2.16. The standard InChI is InChI=1S/C14H13ClN2O3S2/c1-3-8-17-13(15)12(9-18)21-14(17)16-22(19,20)11-6-4-10(2)5-7-11/h3-7,9H,1,8H2,2H3/b16-14+. The first-order valence-electron chi connectivity index (χ1n) is 6.22. The van der Waals surface area contributed by atoms with Crippen molar-refractivity contribution in [2.45, 2.75) is 18.4 Å². The van der Waals surface area contributed by atoms with Crippen LogP contribution in [0.2, 0.25) is 5.15 Å². The van der Waals surface area contributed by atoms with E-state index in [4.69, 9.17) is 11.6 Å². The topological polar surface area (TPSA) is 68.5 Å². The van der Waals surface area contributed by atoms with Crippen LogP contribution in [0, 0.1) is 6.92 Å². The Morgan fingerprint density at radius 1 is 1.36 bits per heavy atom. The van der Waals surface area contributed by atoms with Gasteiger partial charge in [-0.05, 0) is 19.1 Å². The van der Waals surface area contributed by atoms with Crippen LogP contribution in [0.4, 0.5) is 0 Å². The summed E-state index contributed by atoms with van der Waals surface area (Å²) in [6.45, 7) is 5.70. The Labute approximate surface area is 137 Å². The molecule has 0 aliphatic carbocycles. The molecule has 0 atom stereocenters. The average molecular weight is 357 g/mol. The van der Waals surface area contributed by atoms with Crippen LogP contribution in [0.1, 0.15) is 15.2 Å². The van der Waals surface area contributed by atoms with Crippen molar-refractivity contribution < 1.29 is 13.2 Å². The molecule has 0 amide bonds. The van der Waals surface area contributed by atoms with Gasteiger partial charge < -0.3 is 4.57 Å². The first-order chi connectivity index (χ1) is 10.4. The van der Waals surface area contributed by atoms with E-state index in [0.29, 0.717) is 6.29 Å². The number of benzene rings is 1. The van der Waals surface area contributed by atoms with Crippen LogP contribution >= 0.6 is 22.9 Å². The number of halogens is 1. The van der Waals surface area contributed by atoms with Crippen LogP contribution in [0.3, 0.4) is 0 Å². The predicted molar refractivity (Wildman–Crippen MR) is 86.8 cm³/mol. The zero-order valence-corrected chi connectivity index (χ0v) is 14.1. The molecule has 0 fully saturated rings. The minimum absolute atomic E-state index is 0.0837. The number of nitrogens with zero attached hydrogens (tertiary/aromatic N) is 2. The lowest BCUT2D eigenvalue weighted by Gasteiger charge is -2.01. The van der Waals surface area contributed by atoms with Gasteiger partial charge in [-0.1, -0.05) is 46.7 Å². The van der Waals surface area contributed by atoms with Gasteiger partial charge in [-0.25, -0.2) is 0 Å². The molecule has 0 bridgehead atoms. The van der Waals surface area contributed by atoms with Crippen molar-refractivity contribution in [3.05, 3.63) is 57.3 Å². The van der Waals surface area contributed by atoms with Crippen molar-refractivity contribution in [2.24, 2.45) is 4.40 Å². The highest BCUT2D eigenvalue weighted by atomic mass is 35.5. The van der Waals surface area contributed by atoms with Crippen molar-refractivity contribution in [1.29, 1.82) is 0 Å². The molecule has 0 N–H and O–H groups in total. The number of aldehydes is 1. The lowest BCUT2D eigenvalue weighted by molar-refractivity contribution is 0.112. The minimum atomic E-state index is -3.88. The molecule has 0 aliphatic heterocycles. The molecule has 5 nitrogen and oxygen atoms in total. The van der Waals surface area contributed by atoms with Gasteiger partial charge in [0.25, 0.3) is 10.0 Å². The van der Waals surface area contributed by atoms with E-state index in [-0.39, 0.29) is 26.3 Å². The zero-order valence-electron chi connectivity index (χ0n) is 11.7. The summed E-state index contributed by atoms with van der Waals surface area (Å²) in [5.74, 6) is 0. The Morgan fingerprint density at radius 3 is 2.55 bits per heavy atom. The SMILES string of the molecule is C=CCn1c(Cl)c(C=O)s/c1=N/S(=O)(=O)c1ccc(C)cc1. The second kappa shape index (κ2) is 6.60. The molecule has 2 aromatic rings. The number of hydrogen-bond donors (Lipinski definition) is 0. The molecule has 1 aromatic carbocycles.